The summed E-state index contributed by atoms with van der Waals surface area (Å²) in [5, 5.41) is 12.2. The third-order valence-corrected chi connectivity index (χ3v) is 7.63. The van der Waals surface area contributed by atoms with Crippen LogP contribution in [0.1, 0.15) is 5.56 Å². The van der Waals surface area contributed by atoms with Crippen LogP contribution in [0.15, 0.2) is 82.8 Å². The van der Waals surface area contributed by atoms with Crippen molar-refractivity contribution in [3.05, 3.63) is 88.4 Å². The van der Waals surface area contributed by atoms with Crippen LogP contribution in [-0.4, -0.2) is 37.3 Å². The number of halogens is 2. The van der Waals surface area contributed by atoms with Gasteiger partial charge in [0.25, 0.3) is 15.9 Å². The summed E-state index contributed by atoms with van der Waals surface area (Å²) in [5.74, 6) is -0.629. The quantitative estimate of drug-likeness (QED) is 0.290. The fourth-order valence-corrected chi connectivity index (χ4v) is 5.87. The minimum Gasteiger partial charge on any atom is -0.275 e. The second-order valence-corrected chi connectivity index (χ2v) is 10.4. The highest BCUT2D eigenvalue weighted by Crippen LogP contribution is 2.46. The lowest BCUT2D eigenvalue weighted by molar-refractivity contribution is -0.119. The summed E-state index contributed by atoms with van der Waals surface area (Å²) in [5.41, 5.74) is 5.24. The molecule has 0 saturated carbocycles. The Labute approximate surface area is 211 Å². The van der Waals surface area contributed by atoms with Gasteiger partial charge in [-0.05, 0) is 35.9 Å². The number of hydrogen-bond donors (Lipinski definition) is 2. The predicted molar refractivity (Wildman–Crippen MR) is 136 cm³/mol. The van der Waals surface area contributed by atoms with Crippen molar-refractivity contribution in [2.24, 2.45) is 5.10 Å². The van der Waals surface area contributed by atoms with Gasteiger partial charge in [-0.1, -0.05) is 65.7 Å². The molecule has 2 N–H and O–H groups in total. The molecule has 0 bridgehead atoms. The van der Waals surface area contributed by atoms with Gasteiger partial charge in [0.05, 0.1) is 16.8 Å². The van der Waals surface area contributed by atoms with Crippen molar-refractivity contribution >= 4 is 51.0 Å². The van der Waals surface area contributed by atoms with Crippen LogP contribution < -0.4 is 9.73 Å². The number of amides is 1. The van der Waals surface area contributed by atoms with Gasteiger partial charge in [0, 0.05) is 21.2 Å². The zero-order valence-electron chi connectivity index (χ0n) is 17.9. The SMILES string of the molecule is O=C(CN1c2c(-c3cccc(Cl)c3)n[nH]c2-c2ccccc2S1(=O)=O)N/N=C/c1cccc(Cl)c1. The fourth-order valence-electron chi connectivity index (χ4n) is 3.84. The van der Waals surface area contributed by atoms with Gasteiger partial charge >= 0.3 is 0 Å². The number of nitrogens with zero attached hydrogens (tertiary/aromatic N) is 3. The minimum atomic E-state index is -4.07. The third kappa shape index (κ3) is 4.41. The van der Waals surface area contributed by atoms with E-state index in [1.54, 1.807) is 66.7 Å². The number of nitrogens with one attached hydrogen (secondary N) is 2. The fraction of sp³-hybridized carbons (Fsp3) is 0.0417. The van der Waals surface area contributed by atoms with E-state index in [4.69, 9.17) is 23.2 Å². The van der Waals surface area contributed by atoms with Gasteiger partial charge in [-0.25, -0.2) is 13.8 Å². The zero-order valence-corrected chi connectivity index (χ0v) is 20.3. The van der Waals surface area contributed by atoms with Gasteiger partial charge in [-0.15, -0.1) is 0 Å². The second-order valence-electron chi connectivity index (χ2n) is 7.66. The van der Waals surface area contributed by atoms with E-state index in [2.05, 4.69) is 20.7 Å². The first kappa shape index (κ1) is 23.1. The van der Waals surface area contributed by atoms with E-state index in [0.717, 1.165) is 4.31 Å². The standard InChI is InChI=1S/C24H17Cl2N5O3S/c25-17-7-3-5-15(11-17)13-27-28-21(32)14-31-24-22(16-6-4-8-18(26)12-16)29-30-23(24)19-9-1-2-10-20(19)35(31,33)34/h1-13H,14H2,(H,28,32)(H,29,30)/b27-13+. The number of hydrazone groups is 1. The molecule has 0 radical (unpaired) electrons. The number of H-pyrrole nitrogens is 1. The summed E-state index contributed by atoms with van der Waals surface area (Å²) in [6.45, 7) is -0.510. The van der Waals surface area contributed by atoms with E-state index in [9.17, 15) is 13.2 Å². The number of fused-ring (bicyclic) bond motifs is 3. The first-order valence-corrected chi connectivity index (χ1v) is 12.6. The number of carbonyl (C=O) groups excluding carboxylic acids is 1. The highest BCUT2D eigenvalue weighted by Gasteiger charge is 2.39. The van der Waals surface area contributed by atoms with Gasteiger partial charge in [0.2, 0.25) is 0 Å². The Morgan fingerprint density at radius 2 is 1.77 bits per heavy atom. The summed E-state index contributed by atoms with van der Waals surface area (Å²) in [6.07, 6.45) is 1.42. The van der Waals surface area contributed by atoms with Crippen molar-refractivity contribution < 1.29 is 13.2 Å². The van der Waals surface area contributed by atoms with Crippen molar-refractivity contribution in [3.63, 3.8) is 0 Å². The van der Waals surface area contributed by atoms with Crippen LogP contribution in [0.2, 0.25) is 10.0 Å². The van der Waals surface area contributed by atoms with Crippen LogP contribution in [0, 0.1) is 0 Å². The van der Waals surface area contributed by atoms with Crippen LogP contribution in [0.25, 0.3) is 22.5 Å². The summed E-state index contributed by atoms with van der Waals surface area (Å²) in [6, 6.07) is 20.4. The monoisotopic (exact) mass is 525 g/mol. The number of aromatic amines is 1. The van der Waals surface area contributed by atoms with Crippen molar-refractivity contribution in [2.75, 3.05) is 10.8 Å². The molecule has 176 valence electrons. The molecule has 1 aromatic heterocycles. The molecule has 35 heavy (non-hydrogen) atoms. The number of sulfonamides is 1. The number of carbonyl (C=O) groups is 1. The number of anilines is 1. The number of rotatable bonds is 5. The molecule has 0 fully saturated rings. The Bertz CT molecular complexity index is 1580. The second kappa shape index (κ2) is 9.18. The van der Waals surface area contributed by atoms with Gasteiger partial charge in [-0.2, -0.15) is 10.2 Å². The van der Waals surface area contributed by atoms with Gasteiger partial charge < -0.3 is 0 Å². The summed E-state index contributed by atoms with van der Waals surface area (Å²) >= 11 is 12.1. The molecule has 4 aromatic rings. The molecule has 0 atom stereocenters. The third-order valence-electron chi connectivity index (χ3n) is 5.35. The molecule has 5 rings (SSSR count). The number of aromatic nitrogens is 2. The van der Waals surface area contributed by atoms with Crippen molar-refractivity contribution in [2.45, 2.75) is 4.90 Å². The maximum Gasteiger partial charge on any atom is 0.265 e. The molecular weight excluding hydrogens is 509 g/mol. The van der Waals surface area contributed by atoms with Crippen LogP contribution in [0.3, 0.4) is 0 Å². The summed E-state index contributed by atoms with van der Waals surface area (Å²) in [7, 11) is -4.07. The number of hydrogen-bond acceptors (Lipinski definition) is 5. The highest BCUT2D eigenvalue weighted by atomic mass is 35.5. The highest BCUT2D eigenvalue weighted by molar-refractivity contribution is 7.93. The van der Waals surface area contributed by atoms with E-state index in [1.165, 1.54) is 12.3 Å². The molecular formula is C24H17Cl2N5O3S. The Morgan fingerprint density at radius 1 is 1.03 bits per heavy atom. The van der Waals surface area contributed by atoms with Gasteiger partial charge in [0.15, 0.2) is 0 Å². The average Bonchev–Trinajstić information content (AvgIpc) is 3.27. The Balaban J connectivity index is 1.52. The van der Waals surface area contributed by atoms with E-state index in [0.29, 0.717) is 38.1 Å². The van der Waals surface area contributed by atoms with E-state index >= 15 is 0 Å². The lowest BCUT2D eigenvalue weighted by Crippen LogP contribution is -2.41. The average molecular weight is 526 g/mol. The molecule has 0 aliphatic carbocycles. The molecule has 1 aliphatic heterocycles. The summed E-state index contributed by atoms with van der Waals surface area (Å²) < 4.78 is 28.3. The molecule has 2 heterocycles. The largest absolute Gasteiger partial charge is 0.275 e. The molecule has 0 saturated heterocycles. The van der Waals surface area contributed by atoms with E-state index in [1.807, 2.05) is 0 Å². The molecule has 0 spiro atoms. The first-order valence-electron chi connectivity index (χ1n) is 10.4. The smallest absolute Gasteiger partial charge is 0.265 e. The van der Waals surface area contributed by atoms with Crippen LogP contribution in [0.5, 0.6) is 0 Å². The molecule has 3 aromatic carbocycles. The Hall–Kier alpha value is -3.66. The Morgan fingerprint density at radius 3 is 2.54 bits per heavy atom. The van der Waals surface area contributed by atoms with Crippen molar-refractivity contribution in [3.8, 4) is 22.5 Å². The topological polar surface area (TPSA) is 108 Å². The number of benzene rings is 3. The predicted octanol–water partition coefficient (Wildman–Crippen LogP) is 4.71. The van der Waals surface area contributed by atoms with Crippen LogP contribution in [-0.2, 0) is 14.8 Å². The molecule has 1 amide bonds. The maximum absolute atomic E-state index is 13.6. The van der Waals surface area contributed by atoms with Crippen LogP contribution >= 0.6 is 23.2 Å². The zero-order chi connectivity index (χ0) is 24.6. The first-order chi connectivity index (χ1) is 16.8. The normalized spacial score (nSPS) is 13.9. The maximum atomic E-state index is 13.6. The molecule has 8 nitrogen and oxygen atoms in total. The van der Waals surface area contributed by atoms with Gasteiger partial charge in [-0.3, -0.25) is 14.2 Å². The van der Waals surface area contributed by atoms with E-state index in [-0.39, 0.29) is 10.6 Å². The van der Waals surface area contributed by atoms with Crippen molar-refractivity contribution in [1.29, 1.82) is 0 Å². The molecule has 11 heteroatoms. The lowest BCUT2D eigenvalue weighted by atomic mass is 10.1. The lowest BCUT2D eigenvalue weighted by Gasteiger charge is -2.29. The van der Waals surface area contributed by atoms with E-state index < -0.39 is 22.5 Å². The molecule has 0 unspecified atom stereocenters. The minimum absolute atomic E-state index is 0.0732. The van der Waals surface area contributed by atoms with Crippen LogP contribution in [0.4, 0.5) is 5.69 Å². The molecule has 1 aliphatic rings. The Kier molecular flexibility index (Phi) is 6.06. The van der Waals surface area contributed by atoms with Gasteiger partial charge in [0.1, 0.15) is 17.9 Å². The van der Waals surface area contributed by atoms with Crippen molar-refractivity contribution in [1.82, 2.24) is 15.6 Å². The summed E-state index contributed by atoms with van der Waals surface area (Å²) in [4.78, 5) is 12.9.